The van der Waals surface area contributed by atoms with Crippen molar-refractivity contribution < 1.29 is 0 Å². The Bertz CT molecular complexity index is 6970. The maximum Gasteiger partial charge on any atom is 0.0540 e. The Kier molecular flexibility index (Phi) is 17.8. The second-order valence-electron chi connectivity index (χ2n) is 30.7. The van der Waals surface area contributed by atoms with Crippen molar-refractivity contribution in [1.29, 1.82) is 0 Å². The van der Waals surface area contributed by atoms with Crippen LogP contribution in [-0.4, -0.2) is 0 Å². The van der Waals surface area contributed by atoms with E-state index in [0.29, 0.717) is 0 Å². The molecule has 6 nitrogen and oxygen atoms in total. The van der Waals surface area contributed by atoms with Crippen LogP contribution in [0.1, 0.15) is 0 Å². The molecule has 0 unspecified atom stereocenters. The topological polar surface area (TPSA) is 19.4 Å². The molecule has 2 aliphatic heterocycles. The Morgan fingerprint density at radius 3 is 0.808 bits per heavy atom. The zero-order valence-corrected chi connectivity index (χ0v) is 65.7. The lowest BCUT2D eigenvalue weighted by Crippen LogP contribution is -2.14. The molecule has 22 rings (SSSR count). The molecule has 0 amide bonds. The van der Waals surface area contributed by atoms with Gasteiger partial charge in [0.25, 0.3) is 0 Å². The minimum atomic E-state index is 1.01. The molecule has 0 atom stereocenters. The third kappa shape index (κ3) is 12.5. The van der Waals surface area contributed by atoms with E-state index < -0.39 is 0 Å². The number of anilines is 18. The van der Waals surface area contributed by atoms with Crippen LogP contribution in [0, 0.1) is 0 Å². The molecule has 6 heteroatoms. The van der Waals surface area contributed by atoms with Gasteiger partial charge in [-0.05, 0) is 243 Å². The number of nitrogens with zero attached hydrogens (tertiary/aromatic N) is 6. The molecule has 0 spiro atoms. The van der Waals surface area contributed by atoms with Crippen molar-refractivity contribution in [2.24, 2.45) is 0 Å². The van der Waals surface area contributed by atoms with Crippen molar-refractivity contribution in [2.75, 3.05) is 29.4 Å². The van der Waals surface area contributed by atoms with Gasteiger partial charge in [-0.1, -0.05) is 291 Å². The highest BCUT2D eigenvalue weighted by atomic mass is 15.2. The maximum absolute atomic E-state index is 2.46. The lowest BCUT2D eigenvalue weighted by molar-refractivity contribution is 1.24. The van der Waals surface area contributed by atoms with Crippen LogP contribution in [0.3, 0.4) is 0 Å². The fraction of sp³-hybridized carbons (Fsp3) is 0. The number of benzene rings is 20. The smallest absolute Gasteiger partial charge is 0.0540 e. The van der Waals surface area contributed by atoms with Crippen molar-refractivity contribution in [2.45, 2.75) is 0 Å². The largest absolute Gasteiger partial charge is 0.310 e. The Morgan fingerprint density at radius 1 is 0.142 bits per heavy atom. The summed E-state index contributed by atoms with van der Waals surface area (Å²) in [5.41, 5.74) is 33.6. The third-order valence-electron chi connectivity index (χ3n) is 23.9. The summed E-state index contributed by atoms with van der Waals surface area (Å²) < 4.78 is 0. The molecule has 0 saturated carbocycles. The number of fused-ring (bicyclic) bond motifs is 13. The van der Waals surface area contributed by atoms with Gasteiger partial charge in [0.1, 0.15) is 0 Å². The predicted molar refractivity (Wildman–Crippen MR) is 507 cm³/mol. The van der Waals surface area contributed by atoms with E-state index in [1.807, 2.05) is 0 Å². The van der Waals surface area contributed by atoms with E-state index in [-0.39, 0.29) is 0 Å². The van der Waals surface area contributed by atoms with Crippen LogP contribution in [0.25, 0.3) is 99.1 Å². The minimum absolute atomic E-state index is 1.01. The monoisotopic (exact) mass is 1530 g/mol. The second-order valence-corrected chi connectivity index (χ2v) is 30.7. The van der Waals surface area contributed by atoms with Crippen molar-refractivity contribution in [1.82, 2.24) is 0 Å². The predicted octanol–water partition coefficient (Wildman–Crippen LogP) is 32.6. The van der Waals surface area contributed by atoms with Crippen molar-refractivity contribution in [3.63, 3.8) is 0 Å². The first kappa shape index (κ1) is 70.6. The van der Waals surface area contributed by atoms with Gasteiger partial charge in [0.2, 0.25) is 0 Å². The van der Waals surface area contributed by atoms with Gasteiger partial charge >= 0.3 is 0 Å². The Hall–Kier alpha value is -16.0. The fourth-order valence-electron chi connectivity index (χ4n) is 18.4. The molecule has 564 valence electrons. The first-order valence-corrected chi connectivity index (χ1v) is 41.1. The molecule has 0 fully saturated rings. The van der Waals surface area contributed by atoms with Gasteiger partial charge in [0, 0.05) is 101 Å². The van der Waals surface area contributed by atoms with Gasteiger partial charge in [-0.3, -0.25) is 0 Å². The first-order chi connectivity index (χ1) is 59.6. The summed E-state index contributed by atoms with van der Waals surface area (Å²) in [5, 5.41) is 7.02. The number of rotatable bonds is 16. The van der Waals surface area contributed by atoms with Crippen LogP contribution in [0.15, 0.2) is 473 Å². The Balaban J connectivity index is 0.619. The lowest BCUT2D eigenvalue weighted by Gasteiger charge is -2.31. The molecule has 0 aromatic heterocycles. The van der Waals surface area contributed by atoms with Crippen molar-refractivity contribution in [3.8, 4) is 66.8 Å². The van der Waals surface area contributed by atoms with E-state index >= 15 is 0 Å². The van der Waals surface area contributed by atoms with Crippen LogP contribution in [0.2, 0.25) is 0 Å². The van der Waals surface area contributed by atoms with Gasteiger partial charge in [-0.25, -0.2) is 0 Å². The highest BCUT2D eigenvalue weighted by Crippen LogP contribution is 2.55. The standard InChI is InChI=1S/C114H78N6/c1-4-32-84(33-5-1)116(108-52-26-30-81-28-10-12-38-96(81)108)90-69-63-87(64-70-90)115(88-65-71-91(72-66-88)117(85-34-6-2-7-35-85)109-53-27-31-82-29-11-13-39-97(82)109)89-67-73-92(74-68-89)118(86-36-8-3-9-37-86)113-77-75-95(98-40-18-19-45-103(98)113)83-58-76-114-107(78-83)102-44-17-16-43-101(102)106-48-22-25-51-112(106)120(114)94-61-56-80(57-62-94)79-54-59-93(60-55-79)119-110-49-23-20-46-104(110)99-41-14-15-42-100(99)105-47-21-24-50-111(105)119/h1-78H. The van der Waals surface area contributed by atoms with Crippen LogP contribution in [0.5, 0.6) is 0 Å². The van der Waals surface area contributed by atoms with E-state index in [1.54, 1.807) is 0 Å². The summed E-state index contributed by atoms with van der Waals surface area (Å²) in [6.07, 6.45) is 0. The van der Waals surface area contributed by atoms with Crippen LogP contribution in [-0.2, 0) is 0 Å². The van der Waals surface area contributed by atoms with Crippen molar-refractivity contribution in [3.05, 3.63) is 473 Å². The SMILES string of the molecule is c1ccc(N(c2ccc(N(c3ccc(N(c4ccccc4)c4cccc5ccccc45)cc3)c3ccc(N(c4ccccc4)c4ccc(-c5ccc6c(c5)-c5ccccc5-c5ccccc5N6c5ccc(-c6ccc(N7c8ccccc8-c8ccccc8-c8ccccc87)cc6)cc5)c5ccccc45)cc3)cc2)c2cccc3ccccc23)cc1. The van der Waals surface area contributed by atoms with Gasteiger partial charge in [-0.15, -0.1) is 0 Å². The lowest BCUT2D eigenvalue weighted by atomic mass is 9.91. The molecular formula is C114H78N6. The molecule has 0 radical (unpaired) electrons. The van der Waals surface area contributed by atoms with E-state index in [4.69, 9.17) is 0 Å². The molecule has 0 bridgehead atoms. The van der Waals surface area contributed by atoms with Crippen LogP contribution in [0.4, 0.5) is 102 Å². The van der Waals surface area contributed by atoms with Crippen LogP contribution >= 0.6 is 0 Å². The van der Waals surface area contributed by atoms with Gasteiger partial charge in [0.05, 0.1) is 39.8 Å². The molecule has 120 heavy (non-hydrogen) atoms. The van der Waals surface area contributed by atoms with Gasteiger partial charge in [0.15, 0.2) is 0 Å². The maximum atomic E-state index is 2.46. The van der Waals surface area contributed by atoms with E-state index in [1.165, 1.54) is 60.5 Å². The van der Waals surface area contributed by atoms with Gasteiger partial charge < -0.3 is 29.4 Å². The molecule has 2 aliphatic rings. The molecule has 0 N–H and O–H groups in total. The average molecular weight is 1530 g/mol. The molecule has 0 aliphatic carbocycles. The second kappa shape index (κ2) is 30.3. The Morgan fingerprint density at radius 2 is 0.417 bits per heavy atom. The van der Waals surface area contributed by atoms with E-state index in [2.05, 4.69) is 503 Å². The fourth-order valence-corrected chi connectivity index (χ4v) is 18.4. The quantitative estimate of drug-likeness (QED) is 0.0953. The summed E-state index contributed by atoms with van der Waals surface area (Å²) in [6.45, 7) is 0. The minimum Gasteiger partial charge on any atom is -0.310 e. The summed E-state index contributed by atoms with van der Waals surface area (Å²) in [5.74, 6) is 0. The molecule has 2 heterocycles. The third-order valence-corrected chi connectivity index (χ3v) is 23.9. The van der Waals surface area contributed by atoms with Crippen LogP contribution < -0.4 is 29.4 Å². The highest BCUT2D eigenvalue weighted by molar-refractivity contribution is 6.10. The van der Waals surface area contributed by atoms with E-state index in [9.17, 15) is 0 Å². The Labute approximate surface area is 699 Å². The number of hydrogen-bond donors (Lipinski definition) is 0. The zero-order chi connectivity index (χ0) is 79.4. The summed E-state index contributed by atoms with van der Waals surface area (Å²) >= 11 is 0. The summed E-state index contributed by atoms with van der Waals surface area (Å²) in [6, 6.07) is 173. The summed E-state index contributed by atoms with van der Waals surface area (Å²) in [7, 11) is 0. The highest BCUT2D eigenvalue weighted by Gasteiger charge is 2.30. The molecule has 20 aromatic rings. The molecule has 0 saturated heterocycles. The first-order valence-electron chi connectivity index (χ1n) is 41.1. The summed E-state index contributed by atoms with van der Waals surface area (Å²) in [4.78, 5) is 14.4. The van der Waals surface area contributed by atoms with Crippen molar-refractivity contribution >= 4 is 135 Å². The number of hydrogen-bond acceptors (Lipinski definition) is 6. The van der Waals surface area contributed by atoms with Gasteiger partial charge in [-0.2, -0.15) is 0 Å². The average Bonchev–Trinajstić information content (AvgIpc) is 1.51. The number of para-hydroxylation sites is 6. The zero-order valence-electron chi connectivity index (χ0n) is 65.7. The molecular weight excluding hydrogens is 1450 g/mol. The normalized spacial score (nSPS) is 11.8. The van der Waals surface area contributed by atoms with E-state index in [0.717, 1.165) is 141 Å². The molecule has 20 aromatic carbocycles.